The lowest BCUT2D eigenvalue weighted by atomic mass is 9.75. The molecule has 1 saturated carbocycles. The number of aryl methyl sites for hydroxylation is 3. The van der Waals surface area contributed by atoms with E-state index < -0.39 is 0 Å². The average Bonchev–Trinajstić information content (AvgIpc) is 2.90. The smallest absolute Gasteiger partial charge is 0.0162 e. The second-order valence-corrected chi connectivity index (χ2v) is 10.4. The summed E-state index contributed by atoms with van der Waals surface area (Å²) >= 11 is 0. The van der Waals surface area contributed by atoms with Crippen LogP contribution in [0.15, 0.2) is 91.0 Å². The molecule has 0 amide bonds. The first kappa shape index (κ1) is 24.5. The summed E-state index contributed by atoms with van der Waals surface area (Å²) in [5, 5.41) is 0. The van der Waals surface area contributed by atoms with Gasteiger partial charge >= 0.3 is 0 Å². The van der Waals surface area contributed by atoms with E-state index in [9.17, 15) is 0 Å². The van der Waals surface area contributed by atoms with Crippen molar-refractivity contribution < 1.29 is 0 Å². The minimum atomic E-state index is 0.677. The third-order valence-corrected chi connectivity index (χ3v) is 7.91. The summed E-state index contributed by atoms with van der Waals surface area (Å²) in [6, 6.07) is 29.9. The Bertz CT molecular complexity index is 986. The van der Waals surface area contributed by atoms with Crippen LogP contribution in [0.5, 0.6) is 0 Å². The van der Waals surface area contributed by atoms with E-state index in [0.717, 1.165) is 37.5 Å². The van der Waals surface area contributed by atoms with Crippen molar-refractivity contribution in [3.63, 3.8) is 0 Å². The molecule has 1 fully saturated rings. The van der Waals surface area contributed by atoms with Gasteiger partial charge in [-0.2, -0.15) is 0 Å². The molecule has 0 N–H and O–H groups in total. The zero-order valence-electron chi connectivity index (χ0n) is 21.3. The zero-order chi connectivity index (χ0) is 23.6. The minimum Gasteiger partial charge on any atom is -0.0917 e. The van der Waals surface area contributed by atoms with E-state index in [1.807, 2.05) is 0 Å². The van der Waals surface area contributed by atoms with Crippen LogP contribution in [0.4, 0.5) is 0 Å². The number of hydrogen-bond acceptors (Lipinski definition) is 0. The molecule has 0 nitrogen and oxygen atoms in total. The first-order chi connectivity index (χ1) is 16.7. The molecule has 1 aliphatic carbocycles. The van der Waals surface area contributed by atoms with Crippen LogP contribution in [0, 0.1) is 5.92 Å². The molecule has 0 aromatic heterocycles. The molecule has 178 valence electrons. The zero-order valence-corrected chi connectivity index (χ0v) is 21.3. The topological polar surface area (TPSA) is 0 Å². The van der Waals surface area contributed by atoms with Crippen LogP contribution in [0.3, 0.4) is 0 Å². The van der Waals surface area contributed by atoms with Crippen molar-refractivity contribution in [2.24, 2.45) is 5.92 Å². The predicted molar refractivity (Wildman–Crippen MR) is 148 cm³/mol. The quantitative estimate of drug-likeness (QED) is 0.270. The maximum Gasteiger partial charge on any atom is -0.0162 e. The van der Waals surface area contributed by atoms with Gasteiger partial charge in [0.15, 0.2) is 0 Å². The van der Waals surface area contributed by atoms with E-state index in [1.54, 1.807) is 5.56 Å². The van der Waals surface area contributed by atoms with Gasteiger partial charge in [0, 0.05) is 0 Å². The Morgan fingerprint density at radius 1 is 0.706 bits per heavy atom. The summed E-state index contributed by atoms with van der Waals surface area (Å²) in [6.07, 6.45) is 15.7. The maximum absolute atomic E-state index is 2.41. The summed E-state index contributed by atoms with van der Waals surface area (Å²) < 4.78 is 0. The molecule has 1 aliphatic rings. The number of allylic oxidation sites excluding steroid dienone is 2. The van der Waals surface area contributed by atoms with Crippen LogP contribution in [-0.2, 0) is 19.3 Å². The fraction of sp³-hybridized carbons (Fsp3) is 0.412. The van der Waals surface area contributed by atoms with Crippen molar-refractivity contribution in [1.29, 1.82) is 0 Å². The molecule has 4 rings (SSSR count). The summed E-state index contributed by atoms with van der Waals surface area (Å²) in [7, 11) is 0. The van der Waals surface area contributed by atoms with Gasteiger partial charge in [-0.3, -0.25) is 0 Å². The molecular formula is C34H42. The highest BCUT2D eigenvalue weighted by Gasteiger charge is 2.24. The Labute approximate surface area is 208 Å². The Balaban J connectivity index is 1.21. The number of rotatable bonds is 10. The molecule has 3 aromatic carbocycles. The molecule has 0 aliphatic heterocycles. The molecule has 0 bridgehead atoms. The Kier molecular flexibility index (Phi) is 9.19. The lowest BCUT2D eigenvalue weighted by Crippen LogP contribution is -2.15. The number of benzene rings is 3. The van der Waals surface area contributed by atoms with Crippen molar-refractivity contribution in [2.75, 3.05) is 0 Å². The van der Waals surface area contributed by atoms with Crippen LogP contribution in [0.25, 0.3) is 0 Å². The fourth-order valence-electron chi connectivity index (χ4n) is 5.68. The van der Waals surface area contributed by atoms with E-state index in [0.29, 0.717) is 5.92 Å². The van der Waals surface area contributed by atoms with E-state index in [1.165, 1.54) is 54.4 Å². The molecule has 1 atom stereocenters. The maximum atomic E-state index is 2.41. The Morgan fingerprint density at radius 3 is 1.85 bits per heavy atom. The summed E-state index contributed by atoms with van der Waals surface area (Å²) in [4.78, 5) is 0. The van der Waals surface area contributed by atoms with Gasteiger partial charge in [0.05, 0.1) is 0 Å². The summed E-state index contributed by atoms with van der Waals surface area (Å²) in [6.45, 7) is 4.49. The fourth-order valence-corrected chi connectivity index (χ4v) is 5.68. The van der Waals surface area contributed by atoms with Gasteiger partial charge < -0.3 is 0 Å². The minimum absolute atomic E-state index is 0.677. The van der Waals surface area contributed by atoms with Gasteiger partial charge in [0.2, 0.25) is 0 Å². The van der Waals surface area contributed by atoms with Gasteiger partial charge in [-0.05, 0) is 110 Å². The standard InChI is InChI=1S/C34H42/c1-3-4-6-9-28-12-14-29(15-13-28)16-17-30-18-22-33(23-19-30)34-24-20-31(21-25-34)26-27(2)32-10-7-5-8-11-32/h3-5,7-8,10-15,18-19,22-23,27,31,34H,6,9,16-17,20-21,24-26H2,1-2H3/b4-3+. The summed E-state index contributed by atoms with van der Waals surface area (Å²) in [5.74, 6) is 2.32. The van der Waals surface area contributed by atoms with Crippen molar-refractivity contribution in [1.82, 2.24) is 0 Å². The van der Waals surface area contributed by atoms with Crippen molar-refractivity contribution in [2.45, 2.75) is 83.5 Å². The first-order valence-electron chi connectivity index (χ1n) is 13.5. The van der Waals surface area contributed by atoms with E-state index >= 15 is 0 Å². The molecule has 0 heterocycles. The highest BCUT2D eigenvalue weighted by atomic mass is 14.3. The lowest BCUT2D eigenvalue weighted by Gasteiger charge is -2.30. The normalized spacial score (nSPS) is 19.4. The van der Waals surface area contributed by atoms with Crippen LogP contribution < -0.4 is 0 Å². The molecule has 34 heavy (non-hydrogen) atoms. The average molecular weight is 451 g/mol. The van der Waals surface area contributed by atoms with Crippen LogP contribution >= 0.6 is 0 Å². The van der Waals surface area contributed by atoms with Crippen LogP contribution in [0.2, 0.25) is 0 Å². The third-order valence-electron chi connectivity index (χ3n) is 7.91. The first-order valence-corrected chi connectivity index (χ1v) is 13.5. The second kappa shape index (κ2) is 12.7. The van der Waals surface area contributed by atoms with Gasteiger partial charge in [-0.15, -0.1) is 0 Å². The molecule has 0 spiro atoms. The van der Waals surface area contributed by atoms with Crippen LogP contribution in [0.1, 0.15) is 92.0 Å². The van der Waals surface area contributed by atoms with E-state index in [4.69, 9.17) is 0 Å². The Morgan fingerprint density at radius 2 is 1.26 bits per heavy atom. The highest BCUT2D eigenvalue weighted by Crippen LogP contribution is 2.39. The van der Waals surface area contributed by atoms with Gasteiger partial charge in [0.1, 0.15) is 0 Å². The molecule has 3 aromatic rings. The van der Waals surface area contributed by atoms with Crippen molar-refractivity contribution >= 4 is 0 Å². The van der Waals surface area contributed by atoms with Gasteiger partial charge in [-0.25, -0.2) is 0 Å². The van der Waals surface area contributed by atoms with Gasteiger partial charge in [-0.1, -0.05) is 97.9 Å². The highest BCUT2D eigenvalue weighted by molar-refractivity contribution is 5.28. The molecule has 0 saturated heterocycles. The molecule has 1 unspecified atom stereocenters. The van der Waals surface area contributed by atoms with Crippen molar-refractivity contribution in [3.8, 4) is 0 Å². The van der Waals surface area contributed by atoms with E-state index in [-0.39, 0.29) is 0 Å². The van der Waals surface area contributed by atoms with Crippen molar-refractivity contribution in [3.05, 3.63) is 119 Å². The number of hydrogen-bond donors (Lipinski definition) is 0. The van der Waals surface area contributed by atoms with E-state index in [2.05, 4.69) is 105 Å². The summed E-state index contributed by atoms with van der Waals surface area (Å²) in [5.41, 5.74) is 7.41. The third kappa shape index (κ3) is 7.20. The molecule has 0 heteroatoms. The molecular weight excluding hydrogens is 408 g/mol. The predicted octanol–water partition coefficient (Wildman–Crippen LogP) is 9.45. The monoisotopic (exact) mass is 450 g/mol. The SMILES string of the molecule is C/C=C/CCc1ccc(CCc2ccc(C3CCC(CC(C)c4ccccc4)CC3)cc2)cc1. The molecule has 0 radical (unpaired) electrons. The Hall–Kier alpha value is -2.60. The largest absolute Gasteiger partial charge is 0.0917 e. The van der Waals surface area contributed by atoms with Crippen LogP contribution in [-0.4, -0.2) is 0 Å². The lowest BCUT2D eigenvalue weighted by molar-refractivity contribution is 0.297. The van der Waals surface area contributed by atoms with Gasteiger partial charge in [0.25, 0.3) is 0 Å². The second-order valence-electron chi connectivity index (χ2n) is 10.4.